The van der Waals surface area contributed by atoms with Crippen LogP contribution in [0.2, 0.25) is 0 Å². The molecule has 0 saturated heterocycles. The quantitative estimate of drug-likeness (QED) is 0.844. The standard InChI is InChI=1S/C13H16FNO3/c1-8(2)7-11(13(17)18)15-12(16)9-5-3-4-6-10(9)14/h3-6,8,11H,7H2,1-2H3,(H,15,16)(H,17,18)/t11-/m1/s1. The van der Waals surface area contributed by atoms with E-state index in [-0.39, 0.29) is 11.5 Å². The molecule has 0 aliphatic heterocycles. The minimum absolute atomic E-state index is 0.118. The van der Waals surface area contributed by atoms with Crippen LogP contribution in [-0.4, -0.2) is 23.0 Å². The highest BCUT2D eigenvalue weighted by atomic mass is 19.1. The molecule has 0 radical (unpaired) electrons. The highest BCUT2D eigenvalue weighted by Crippen LogP contribution is 2.09. The average molecular weight is 253 g/mol. The van der Waals surface area contributed by atoms with E-state index in [2.05, 4.69) is 5.32 Å². The molecule has 98 valence electrons. The van der Waals surface area contributed by atoms with Gasteiger partial charge >= 0.3 is 5.97 Å². The van der Waals surface area contributed by atoms with E-state index in [0.717, 1.165) is 6.07 Å². The van der Waals surface area contributed by atoms with Crippen LogP contribution in [0.1, 0.15) is 30.6 Å². The van der Waals surface area contributed by atoms with E-state index in [1.807, 2.05) is 13.8 Å². The van der Waals surface area contributed by atoms with E-state index < -0.39 is 23.7 Å². The van der Waals surface area contributed by atoms with Crippen molar-refractivity contribution in [2.45, 2.75) is 26.3 Å². The summed E-state index contributed by atoms with van der Waals surface area (Å²) in [5.74, 6) is -2.37. The van der Waals surface area contributed by atoms with Gasteiger partial charge in [0.2, 0.25) is 0 Å². The van der Waals surface area contributed by atoms with Gasteiger partial charge in [-0.05, 0) is 24.5 Å². The van der Waals surface area contributed by atoms with Crippen molar-refractivity contribution in [1.82, 2.24) is 5.32 Å². The predicted octanol–water partition coefficient (Wildman–Crippen LogP) is 2.05. The first-order chi connectivity index (χ1) is 8.41. The van der Waals surface area contributed by atoms with E-state index in [1.165, 1.54) is 18.2 Å². The van der Waals surface area contributed by atoms with Crippen molar-refractivity contribution in [3.8, 4) is 0 Å². The van der Waals surface area contributed by atoms with Gasteiger partial charge in [0.1, 0.15) is 11.9 Å². The molecule has 0 saturated carbocycles. The Hall–Kier alpha value is -1.91. The highest BCUT2D eigenvalue weighted by molar-refractivity contribution is 5.96. The number of benzene rings is 1. The third-order valence-electron chi connectivity index (χ3n) is 2.43. The molecule has 2 N–H and O–H groups in total. The molecular formula is C13H16FNO3. The molecule has 1 atom stereocenters. The average Bonchev–Trinajstić information content (AvgIpc) is 2.27. The monoisotopic (exact) mass is 253 g/mol. The van der Waals surface area contributed by atoms with Crippen LogP contribution < -0.4 is 5.32 Å². The van der Waals surface area contributed by atoms with E-state index in [4.69, 9.17) is 5.11 Å². The second-order valence-corrected chi connectivity index (χ2v) is 4.47. The van der Waals surface area contributed by atoms with Crippen molar-refractivity contribution in [1.29, 1.82) is 0 Å². The molecule has 5 heteroatoms. The number of hydrogen-bond acceptors (Lipinski definition) is 2. The number of amides is 1. The molecular weight excluding hydrogens is 237 g/mol. The summed E-state index contributed by atoms with van der Waals surface area (Å²) in [5, 5.41) is 11.3. The molecule has 0 aromatic heterocycles. The molecule has 4 nitrogen and oxygen atoms in total. The Morgan fingerprint density at radius 2 is 1.94 bits per heavy atom. The first kappa shape index (κ1) is 14.2. The first-order valence-electron chi connectivity index (χ1n) is 5.70. The summed E-state index contributed by atoms with van der Waals surface area (Å²) in [5.41, 5.74) is -0.146. The summed E-state index contributed by atoms with van der Waals surface area (Å²) in [4.78, 5) is 22.7. The Kier molecular flexibility index (Phi) is 4.83. The zero-order valence-electron chi connectivity index (χ0n) is 10.3. The van der Waals surface area contributed by atoms with Gasteiger partial charge in [0, 0.05) is 0 Å². The summed E-state index contributed by atoms with van der Waals surface area (Å²) < 4.78 is 13.3. The maximum absolute atomic E-state index is 13.3. The molecule has 1 amide bonds. The third kappa shape index (κ3) is 3.84. The van der Waals surface area contributed by atoms with E-state index in [1.54, 1.807) is 0 Å². The zero-order valence-corrected chi connectivity index (χ0v) is 10.3. The molecule has 0 aliphatic carbocycles. The molecule has 1 aromatic carbocycles. The predicted molar refractivity (Wildman–Crippen MR) is 64.7 cm³/mol. The Morgan fingerprint density at radius 3 is 2.44 bits per heavy atom. The summed E-state index contributed by atoms with van der Waals surface area (Å²) in [7, 11) is 0. The van der Waals surface area contributed by atoms with Gasteiger partial charge in [0.15, 0.2) is 0 Å². The fourth-order valence-corrected chi connectivity index (χ4v) is 1.57. The number of nitrogens with one attached hydrogen (secondary N) is 1. The smallest absolute Gasteiger partial charge is 0.326 e. The fourth-order valence-electron chi connectivity index (χ4n) is 1.57. The maximum atomic E-state index is 13.3. The second kappa shape index (κ2) is 6.14. The molecule has 1 rings (SSSR count). The zero-order chi connectivity index (χ0) is 13.7. The van der Waals surface area contributed by atoms with Gasteiger partial charge < -0.3 is 10.4 Å². The van der Waals surface area contributed by atoms with Crippen LogP contribution in [0.25, 0.3) is 0 Å². The molecule has 0 heterocycles. The topological polar surface area (TPSA) is 66.4 Å². The van der Waals surface area contributed by atoms with Crippen LogP contribution in [0.3, 0.4) is 0 Å². The van der Waals surface area contributed by atoms with E-state index >= 15 is 0 Å². The van der Waals surface area contributed by atoms with Gasteiger partial charge in [0.05, 0.1) is 5.56 Å². The van der Waals surface area contributed by atoms with Crippen molar-refractivity contribution in [2.75, 3.05) is 0 Å². The van der Waals surface area contributed by atoms with Gasteiger partial charge in [-0.25, -0.2) is 9.18 Å². The largest absolute Gasteiger partial charge is 0.480 e. The van der Waals surface area contributed by atoms with E-state index in [0.29, 0.717) is 6.42 Å². The number of hydrogen-bond donors (Lipinski definition) is 2. The summed E-state index contributed by atoms with van der Waals surface area (Å²) in [6.07, 6.45) is 0.301. The van der Waals surface area contributed by atoms with Gasteiger partial charge in [-0.15, -0.1) is 0 Å². The summed E-state index contributed by atoms with van der Waals surface area (Å²) in [6, 6.07) is 4.47. The molecule has 0 unspecified atom stereocenters. The Balaban J connectivity index is 2.79. The number of carbonyl (C=O) groups excluding carboxylic acids is 1. The van der Waals surface area contributed by atoms with Crippen molar-refractivity contribution in [3.05, 3.63) is 35.6 Å². The van der Waals surface area contributed by atoms with Crippen LogP contribution in [0.4, 0.5) is 4.39 Å². The van der Waals surface area contributed by atoms with Crippen molar-refractivity contribution in [2.24, 2.45) is 5.92 Å². The molecule has 1 aromatic rings. The Labute approximate surface area is 105 Å². The molecule has 0 fully saturated rings. The van der Waals surface area contributed by atoms with E-state index in [9.17, 15) is 14.0 Å². The molecule has 0 aliphatic rings. The normalized spacial score (nSPS) is 12.2. The van der Waals surface area contributed by atoms with Crippen LogP contribution in [-0.2, 0) is 4.79 Å². The van der Waals surface area contributed by atoms with Gasteiger partial charge in [-0.2, -0.15) is 0 Å². The van der Waals surface area contributed by atoms with Gasteiger partial charge in [0.25, 0.3) is 5.91 Å². The number of halogens is 1. The number of carboxylic acids is 1. The Bertz CT molecular complexity index is 446. The van der Waals surface area contributed by atoms with Crippen molar-refractivity contribution >= 4 is 11.9 Å². The lowest BCUT2D eigenvalue weighted by Gasteiger charge is -2.16. The highest BCUT2D eigenvalue weighted by Gasteiger charge is 2.22. The van der Waals surface area contributed by atoms with Crippen LogP contribution in [0.15, 0.2) is 24.3 Å². The van der Waals surface area contributed by atoms with Gasteiger partial charge in [-0.3, -0.25) is 4.79 Å². The lowest BCUT2D eigenvalue weighted by Crippen LogP contribution is -2.41. The molecule has 18 heavy (non-hydrogen) atoms. The number of rotatable bonds is 5. The molecule has 0 spiro atoms. The van der Waals surface area contributed by atoms with Crippen LogP contribution in [0, 0.1) is 11.7 Å². The van der Waals surface area contributed by atoms with Crippen molar-refractivity contribution in [3.63, 3.8) is 0 Å². The fraction of sp³-hybridized carbons (Fsp3) is 0.385. The maximum Gasteiger partial charge on any atom is 0.326 e. The minimum atomic E-state index is -1.12. The van der Waals surface area contributed by atoms with Crippen molar-refractivity contribution < 1.29 is 19.1 Å². The minimum Gasteiger partial charge on any atom is -0.480 e. The second-order valence-electron chi connectivity index (χ2n) is 4.47. The van der Waals surface area contributed by atoms with Crippen LogP contribution in [0.5, 0.6) is 0 Å². The summed E-state index contributed by atoms with van der Waals surface area (Å²) >= 11 is 0. The summed E-state index contributed by atoms with van der Waals surface area (Å²) in [6.45, 7) is 3.70. The SMILES string of the molecule is CC(C)C[C@@H](NC(=O)c1ccccc1F)C(=O)O. The number of aliphatic carboxylic acids is 1. The number of carboxylic acid groups (broad SMARTS) is 1. The number of carbonyl (C=O) groups is 2. The Morgan fingerprint density at radius 1 is 1.33 bits per heavy atom. The lowest BCUT2D eigenvalue weighted by atomic mass is 10.0. The first-order valence-corrected chi connectivity index (χ1v) is 5.70. The van der Waals surface area contributed by atoms with Gasteiger partial charge in [-0.1, -0.05) is 26.0 Å². The molecule has 0 bridgehead atoms. The lowest BCUT2D eigenvalue weighted by molar-refractivity contribution is -0.139. The third-order valence-corrected chi connectivity index (χ3v) is 2.43. The van der Waals surface area contributed by atoms with Crippen LogP contribution >= 0.6 is 0 Å².